The molecular weight excluding hydrogens is 228 g/mol. The molecule has 0 unspecified atom stereocenters. The Balaban J connectivity index is 2.78. The first-order valence-corrected chi connectivity index (χ1v) is 5.97. The number of hydrogen-bond acceptors (Lipinski definition) is 3. The summed E-state index contributed by atoms with van der Waals surface area (Å²) in [5, 5.41) is 0. The highest BCUT2D eigenvalue weighted by Gasteiger charge is 2.11. The van der Waals surface area contributed by atoms with Gasteiger partial charge >= 0.3 is 5.97 Å². The van der Waals surface area contributed by atoms with Crippen molar-refractivity contribution in [3.63, 3.8) is 0 Å². The summed E-state index contributed by atoms with van der Waals surface area (Å²) >= 11 is 0. The largest absolute Gasteiger partial charge is 0.427 e. The molecule has 0 aliphatic rings. The minimum Gasteiger partial charge on any atom is -0.427 e. The van der Waals surface area contributed by atoms with Crippen molar-refractivity contribution in [2.45, 2.75) is 27.2 Å². The molecule has 0 aromatic heterocycles. The van der Waals surface area contributed by atoms with Crippen LogP contribution >= 0.6 is 0 Å². The molecule has 0 fully saturated rings. The van der Waals surface area contributed by atoms with Crippen LogP contribution in [0.3, 0.4) is 0 Å². The molecule has 0 bridgehead atoms. The Morgan fingerprint density at radius 1 is 1.22 bits per heavy atom. The topological polar surface area (TPSA) is 43.4 Å². The lowest BCUT2D eigenvalue weighted by atomic mass is 10.1. The summed E-state index contributed by atoms with van der Waals surface area (Å²) in [5.74, 6) is 0.195. The average molecular weight is 246 g/mol. The number of ether oxygens (including phenoxy) is 1. The Bertz CT molecular complexity index is 444. The summed E-state index contributed by atoms with van der Waals surface area (Å²) in [5.41, 5.74) is 0.482. The zero-order chi connectivity index (χ0) is 13.5. The van der Waals surface area contributed by atoms with Crippen LogP contribution in [0.15, 0.2) is 42.2 Å². The molecule has 96 valence electrons. The van der Waals surface area contributed by atoms with Gasteiger partial charge in [0.1, 0.15) is 5.76 Å². The molecule has 3 heteroatoms. The average Bonchev–Trinajstić information content (AvgIpc) is 2.28. The van der Waals surface area contributed by atoms with Gasteiger partial charge in [0.2, 0.25) is 0 Å². The summed E-state index contributed by atoms with van der Waals surface area (Å²) < 4.78 is 5.26. The maximum atomic E-state index is 11.8. The molecule has 0 atom stereocenters. The van der Waals surface area contributed by atoms with Gasteiger partial charge in [0.15, 0.2) is 5.78 Å². The van der Waals surface area contributed by atoms with E-state index in [1.807, 2.05) is 19.9 Å². The predicted molar refractivity (Wildman–Crippen MR) is 70.1 cm³/mol. The second-order valence-electron chi connectivity index (χ2n) is 4.57. The maximum absolute atomic E-state index is 11.8. The third-order valence-corrected chi connectivity index (χ3v) is 2.21. The van der Waals surface area contributed by atoms with E-state index in [2.05, 4.69) is 0 Å². The number of allylic oxidation sites excluding steroid dienone is 2. The van der Waals surface area contributed by atoms with Crippen LogP contribution in [0, 0.1) is 5.92 Å². The maximum Gasteiger partial charge on any atom is 0.343 e. The third-order valence-electron chi connectivity index (χ3n) is 2.21. The monoisotopic (exact) mass is 246 g/mol. The van der Waals surface area contributed by atoms with Crippen LogP contribution in [-0.2, 0) is 9.53 Å². The Labute approximate surface area is 107 Å². The van der Waals surface area contributed by atoms with Gasteiger partial charge in [0, 0.05) is 12.5 Å². The summed E-state index contributed by atoms with van der Waals surface area (Å²) in [7, 11) is 0. The molecule has 1 aromatic carbocycles. The van der Waals surface area contributed by atoms with Crippen LogP contribution in [0.1, 0.15) is 37.6 Å². The zero-order valence-corrected chi connectivity index (χ0v) is 11.0. The minimum atomic E-state index is -0.427. The molecule has 1 rings (SSSR count). The van der Waals surface area contributed by atoms with E-state index in [-0.39, 0.29) is 5.78 Å². The second-order valence-corrected chi connectivity index (χ2v) is 4.57. The first-order valence-electron chi connectivity index (χ1n) is 5.97. The standard InChI is InChI=1S/C15H18O3/c1-11(2)9-14(10-12(3)16)18-15(17)13-7-5-4-6-8-13/h4-8,10-11H,9H2,1-3H3. The number of carbonyl (C=O) groups excluding carboxylic acids is 2. The number of rotatable bonds is 5. The highest BCUT2D eigenvalue weighted by atomic mass is 16.5. The molecule has 0 radical (unpaired) electrons. The van der Waals surface area contributed by atoms with Gasteiger partial charge in [0.05, 0.1) is 5.56 Å². The fraction of sp³-hybridized carbons (Fsp3) is 0.333. The Morgan fingerprint density at radius 2 is 1.83 bits per heavy atom. The molecule has 0 aliphatic heterocycles. The molecule has 0 N–H and O–H groups in total. The first-order chi connectivity index (χ1) is 8.49. The van der Waals surface area contributed by atoms with Gasteiger partial charge in [-0.15, -0.1) is 0 Å². The van der Waals surface area contributed by atoms with E-state index >= 15 is 0 Å². The minimum absolute atomic E-state index is 0.119. The van der Waals surface area contributed by atoms with E-state index in [9.17, 15) is 9.59 Å². The molecule has 18 heavy (non-hydrogen) atoms. The van der Waals surface area contributed by atoms with Crippen molar-refractivity contribution in [3.8, 4) is 0 Å². The molecular formula is C15H18O3. The van der Waals surface area contributed by atoms with Crippen LogP contribution in [-0.4, -0.2) is 11.8 Å². The smallest absolute Gasteiger partial charge is 0.343 e. The molecule has 0 heterocycles. The van der Waals surface area contributed by atoms with Crippen molar-refractivity contribution < 1.29 is 14.3 Å². The normalized spacial score (nSPS) is 11.4. The van der Waals surface area contributed by atoms with E-state index < -0.39 is 5.97 Å². The summed E-state index contributed by atoms with van der Waals surface area (Å²) in [6.07, 6.45) is 1.94. The van der Waals surface area contributed by atoms with Crippen LogP contribution in [0.5, 0.6) is 0 Å². The molecule has 3 nitrogen and oxygen atoms in total. The van der Waals surface area contributed by atoms with Crippen molar-refractivity contribution in [2.24, 2.45) is 5.92 Å². The van der Waals surface area contributed by atoms with Gasteiger partial charge in [-0.25, -0.2) is 4.79 Å². The van der Waals surface area contributed by atoms with E-state index in [0.29, 0.717) is 23.7 Å². The fourth-order valence-corrected chi connectivity index (χ4v) is 1.51. The molecule has 0 amide bonds. The van der Waals surface area contributed by atoms with Crippen LogP contribution in [0.2, 0.25) is 0 Å². The van der Waals surface area contributed by atoms with Gasteiger partial charge in [-0.3, -0.25) is 4.79 Å². The lowest BCUT2D eigenvalue weighted by Gasteiger charge is -2.10. The summed E-state index contributed by atoms with van der Waals surface area (Å²) in [6.45, 7) is 5.45. The number of esters is 1. The number of carbonyl (C=O) groups is 2. The van der Waals surface area contributed by atoms with Crippen molar-refractivity contribution in [1.29, 1.82) is 0 Å². The quantitative estimate of drug-likeness (QED) is 0.454. The second kappa shape index (κ2) is 6.74. The third kappa shape index (κ3) is 4.95. The van der Waals surface area contributed by atoms with E-state index in [1.54, 1.807) is 24.3 Å². The van der Waals surface area contributed by atoms with Gasteiger partial charge < -0.3 is 4.74 Å². The van der Waals surface area contributed by atoms with Crippen LogP contribution in [0.25, 0.3) is 0 Å². The van der Waals surface area contributed by atoms with E-state index in [0.717, 1.165) is 0 Å². The van der Waals surface area contributed by atoms with E-state index in [1.165, 1.54) is 13.0 Å². The highest BCUT2D eigenvalue weighted by Crippen LogP contribution is 2.14. The molecule has 1 aromatic rings. The first kappa shape index (κ1) is 14.2. The van der Waals surface area contributed by atoms with Crippen LogP contribution < -0.4 is 0 Å². The van der Waals surface area contributed by atoms with Gasteiger partial charge in [-0.05, 0) is 25.0 Å². The van der Waals surface area contributed by atoms with Gasteiger partial charge in [-0.2, -0.15) is 0 Å². The zero-order valence-electron chi connectivity index (χ0n) is 11.0. The van der Waals surface area contributed by atoms with Gasteiger partial charge in [0.25, 0.3) is 0 Å². The molecule has 0 saturated heterocycles. The number of ketones is 1. The Morgan fingerprint density at radius 3 is 2.33 bits per heavy atom. The Hall–Kier alpha value is -1.90. The van der Waals surface area contributed by atoms with Crippen LogP contribution in [0.4, 0.5) is 0 Å². The lowest BCUT2D eigenvalue weighted by molar-refractivity contribution is -0.112. The Kier molecular flexibility index (Phi) is 5.31. The van der Waals surface area contributed by atoms with E-state index in [4.69, 9.17) is 4.74 Å². The fourth-order valence-electron chi connectivity index (χ4n) is 1.51. The number of benzene rings is 1. The predicted octanol–water partition coefficient (Wildman–Crippen LogP) is 3.36. The SMILES string of the molecule is CC(=O)C=C(CC(C)C)OC(=O)c1ccccc1. The highest BCUT2D eigenvalue weighted by molar-refractivity contribution is 5.91. The van der Waals surface area contributed by atoms with Crippen molar-refractivity contribution in [1.82, 2.24) is 0 Å². The lowest BCUT2D eigenvalue weighted by Crippen LogP contribution is -2.08. The summed E-state index contributed by atoms with van der Waals surface area (Å²) in [4.78, 5) is 22.9. The van der Waals surface area contributed by atoms with Crippen molar-refractivity contribution in [2.75, 3.05) is 0 Å². The molecule has 0 saturated carbocycles. The number of hydrogen-bond donors (Lipinski definition) is 0. The van der Waals surface area contributed by atoms with Crippen molar-refractivity contribution >= 4 is 11.8 Å². The van der Waals surface area contributed by atoms with Gasteiger partial charge in [-0.1, -0.05) is 32.0 Å². The summed E-state index contributed by atoms with van der Waals surface area (Å²) in [6, 6.07) is 8.74. The van der Waals surface area contributed by atoms with Crippen molar-refractivity contribution in [3.05, 3.63) is 47.7 Å². The molecule has 0 aliphatic carbocycles. The molecule has 0 spiro atoms.